The molecule has 10 heteroatoms. The number of anilines is 3. The van der Waals surface area contributed by atoms with Crippen molar-refractivity contribution in [3.8, 4) is 0 Å². The lowest BCUT2D eigenvalue weighted by Crippen LogP contribution is -2.29. The summed E-state index contributed by atoms with van der Waals surface area (Å²) in [6.07, 6.45) is 0. The summed E-state index contributed by atoms with van der Waals surface area (Å²) < 4.78 is 55.8. The predicted octanol–water partition coefficient (Wildman–Crippen LogP) is 5.49. The van der Waals surface area contributed by atoms with Gasteiger partial charge in [-0.25, -0.2) is 16.8 Å². The van der Waals surface area contributed by atoms with Gasteiger partial charge < -0.3 is 5.32 Å². The maximum Gasteiger partial charge on any atom is 0.264 e. The molecule has 4 rings (SSSR count). The third-order valence-corrected chi connectivity index (χ3v) is 9.38. The van der Waals surface area contributed by atoms with Crippen LogP contribution in [0.25, 0.3) is 0 Å². The molecule has 0 aliphatic heterocycles. The van der Waals surface area contributed by atoms with E-state index in [1.54, 1.807) is 36.4 Å². The summed E-state index contributed by atoms with van der Waals surface area (Å²) in [5.74, 6) is -0.541. The van der Waals surface area contributed by atoms with Crippen molar-refractivity contribution >= 4 is 43.0 Å². The molecule has 0 saturated carbocycles. The molecule has 0 fully saturated rings. The molecule has 0 spiro atoms. The minimum atomic E-state index is -3.91. The first-order valence-corrected chi connectivity index (χ1v) is 15.0. The van der Waals surface area contributed by atoms with Crippen LogP contribution in [0.1, 0.15) is 27.0 Å². The topological polar surface area (TPSA) is 113 Å². The molecule has 0 bridgehead atoms. The number of carbonyl (C=O) groups is 1. The monoisotopic (exact) mass is 563 g/mol. The summed E-state index contributed by atoms with van der Waals surface area (Å²) in [6.45, 7) is 5.62. The lowest BCUT2D eigenvalue weighted by molar-refractivity contribution is 0.102. The van der Waals surface area contributed by atoms with Crippen molar-refractivity contribution in [2.75, 3.05) is 21.4 Å². The molecule has 0 aliphatic carbocycles. The van der Waals surface area contributed by atoms with E-state index in [9.17, 15) is 21.6 Å². The van der Waals surface area contributed by atoms with Crippen molar-refractivity contribution in [2.24, 2.45) is 0 Å². The van der Waals surface area contributed by atoms with Crippen molar-refractivity contribution in [2.45, 2.75) is 30.6 Å². The van der Waals surface area contributed by atoms with Crippen LogP contribution in [0, 0.1) is 20.8 Å². The number of rotatable bonds is 8. The molecule has 2 N–H and O–H groups in total. The highest BCUT2D eigenvalue weighted by Gasteiger charge is 2.25. The van der Waals surface area contributed by atoms with Crippen molar-refractivity contribution in [1.29, 1.82) is 0 Å². The molecule has 0 heterocycles. The zero-order chi connectivity index (χ0) is 28.4. The highest BCUT2D eigenvalue weighted by molar-refractivity contribution is 7.93. The van der Waals surface area contributed by atoms with Crippen LogP contribution < -0.4 is 14.3 Å². The molecule has 0 saturated heterocycles. The van der Waals surface area contributed by atoms with E-state index in [1.165, 1.54) is 49.5 Å². The second kappa shape index (κ2) is 10.9. The molecule has 1 amide bonds. The van der Waals surface area contributed by atoms with Gasteiger partial charge in [0.15, 0.2) is 0 Å². The largest absolute Gasteiger partial charge is 0.322 e. The Balaban J connectivity index is 1.53. The standard InChI is InChI=1S/C29H29N3O5S2/c1-20-9-14-25(15-10-20)39(36,37)32(4)28-8-6-5-7-26(28)29(33)30-23-12-16-24(17-13-23)38(34,35)31-27-18-11-21(2)19-22(27)3/h5-19,31H,1-4H3,(H,30,33). The Hall–Kier alpha value is -4.15. The first-order valence-electron chi connectivity index (χ1n) is 12.0. The van der Waals surface area contributed by atoms with Crippen molar-refractivity contribution in [1.82, 2.24) is 0 Å². The first kappa shape index (κ1) is 27.9. The van der Waals surface area contributed by atoms with Crippen LogP contribution in [0.2, 0.25) is 0 Å². The van der Waals surface area contributed by atoms with Gasteiger partial charge in [-0.2, -0.15) is 0 Å². The molecular weight excluding hydrogens is 534 g/mol. The van der Waals surface area contributed by atoms with E-state index in [-0.39, 0.29) is 21.0 Å². The Bertz CT molecular complexity index is 1730. The second-order valence-corrected chi connectivity index (χ2v) is 12.9. The average molecular weight is 564 g/mol. The molecule has 0 aromatic heterocycles. The van der Waals surface area contributed by atoms with Crippen molar-refractivity contribution < 1.29 is 21.6 Å². The number of para-hydroxylation sites is 1. The van der Waals surface area contributed by atoms with E-state index in [2.05, 4.69) is 10.0 Å². The smallest absolute Gasteiger partial charge is 0.264 e. The van der Waals surface area contributed by atoms with E-state index in [0.29, 0.717) is 11.4 Å². The van der Waals surface area contributed by atoms with Gasteiger partial charge in [0.05, 0.1) is 26.7 Å². The third-order valence-electron chi connectivity index (χ3n) is 6.22. The van der Waals surface area contributed by atoms with Crippen LogP contribution in [0.15, 0.2) is 101 Å². The predicted molar refractivity (Wildman–Crippen MR) is 154 cm³/mol. The van der Waals surface area contributed by atoms with E-state index in [0.717, 1.165) is 21.0 Å². The zero-order valence-electron chi connectivity index (χ0n) is 22.0. The Morgan fingerprint density at radius 1 is 0.718 bits per heavy atom. The van der Waals surface area contributed by atoms with Gasteiger partial charge in [0.2, 0.25) is 0 Å². The quantitative estimate of drug-likeness (QED) is 0.294. The number of nitrogens with zero attached hydrogens (tertiary/aromatic N) is 1. The number of amides is 1. The lowest BCUT2D eigenvalue weighted by Gasteiger charge is -2.22. The number of benzene rings is 4. The fourth-order valence-corrected chi connectivity index (χ4v) is 6.33. The van der Waals surface area contributed by atoms with E-state index >= 15 is 0 Å². The number of hydrogen-bond donors (Lipinski definition) is 2. The molecule has 202 valence electrons. The van der Waals surface area contributed by atoms with Gasteiger partial charge in [-0.1, -0.05) is 47.5 Å². The van der Waals surface area contributed by atoms with E-state index in [1.807, 2.05) is 32.9 Å². The van der Waals surface area contributed by atoms with Gasteiger partial charge in [-0.3, -0.25) is 13.8 Å². The van der Waals surface area contributed by atoms with Gasteiger partial charge in [0, 0.05) is 12.7 Å². The van der Waals surface area contributed by atoms with Gasteiger partial charge in [0.1, 0.15) is 0 Å². The van der Waals surface area contributed by atoms with Crippen LogP contribution >= 0.6 is 0 Å². The fourth-order valence-electron chi connectivity index (χ4n) is 3.99. The van der Waals surface area contributed by atoms with E-state index < -0.39 is 26.0 Å². The zero-order valence-corrected chi connectivity index (χ0v) is 23.6. The number of sulfonamides is 2. The summed E-state index contributed by atoms with van der Waals surface area (Å²) in [4.78, 5) is 13.3. The maximum atomic E-state index is 13.2. The van der Waals surface area contributed by atoms with Crippen LogP contribution in [0.5, 0.6) is 0 Å². The molecule has 0 radical (unpaired) electrons. The number of hydrogen-bond acceptors (Lipinski definition) is 5. The summed E-state index contributed by atoms with van der Waals surface area (Å²) in [6, 6.07) is 24.0. The van der Waals surface area contributed by atoms with E-state index in [4.69, 9.17) is 0 Å². The molecule has 0 unspecified atom stereocenters. The summed E-state index contributed by atoms with van der Waals surface area (Å²) in [7, 11) is -6.36. The third kappa shape index (κ3) is 6.13. The summed E-state index contributed by atoms with van der Waals surface area (Å²) >= 11 is 0. The van der Waals surface area contributed by atoms with Crippen molar-refractivity contribution in [3.05, 3.63) is 113 Å². The average Bonchev–Trinajstić information content (AvgIpc) is 2.90. The lowest BCUT2D eigenvalue weighted by atomic mass is 10.1. The van der Waals surface area contributed by atoms with Crippen LogP contribution in [-0.4, -0.2) is 29.8 Å². The second-order valence-electron chi connectivity index (χ2n) is 9.21. The summed E-state index contributed by atoms with van der Waals surface area (Å²) in [5.41, 5.74) is 3.93. The Labute approximate surface area is 229 Å². The minimum absolute atomic E-state index is 0.0322. The molecule has 39 heavy (non-hydrogen) atoms. The summed E-state index contributed by atoms with van der Waals surface area (Å²) in [5, 5.41) is 2.72. The normalized spacial score (nSPS) is 11.6. The highest BCUT2D eigenvalue weighted by atomic mass is 32.2. The van der Waals surface area contributed by atoms with Gasteiger partial charge in [0.25, 0.3) is 26.0 Å². The van der Waals surface area contributed by atoms with Crippen LogP contribution in [-0.2, 0) is 20.0 Å². The van der Waals surface area contributed by atoms with Gasteiger partial charge in [-0.05, 0) is 80.9 Å². The maximum absolute atomic E-state index is 13.2. The molecule has 4 aromatic rings. The Kier molecular flexibility index (Phi) is 7.80. The molecule has 4 aromatic carbocycles. The SMILES string of the molecule is Cc1ccc(S(=O)(=O)N(C)c2ccccc2C(=O)Nc2ccc(S(=O)(=O)Nc3ccc(C)cc3C)cc2)cc1. The van der Waals surface area contributed by atoms with Gasteiger partial charge >= 0.3 is 0 Å². The Morgan fingerprint density at radius 2 is 1.31 bits per heavy atom. The van der Waals surface area contributed by atoms with Gasteiger partial charge in [-0.15, -0.1) is 0 Å². The molecular formula is C29H29N3O5S2. The van der Waals surface area contributed by atoms with Crippen LogP contribution in [0.3, 0.4) is 0 Å². The fraction of sp³-hybridized carbons (Fsp3) is 0.138. The first-order chi connectivity index (χ1) is 18.4. The molecule has 0 aliphatic rings. The van der Waals surface area contributed by atoms with Crippen molar-refractivity contribution in [3.63, 3.8) is 0 Å². The van der Waals surface area contributed by atoms with Crippen LogP contribution in [0.4, 0.5) is 17.1 Å². The minimum Gasteiger partial charge on any atom is -0.322 e. The highest BCUT2D eigenvalue weighted by Crippen LogP contribution is 2.27. The number of nitrogens with one attached hydrogen (secondary N) is 2. The Morgan fingerprint density at radius 3 is 1.95 bits per heavy atom. The number of aryl methyl sites for hydroxylation is 3. The molecule has 8 nitrogen and oxygen atoms in total. The molecule has 0 atom stereocenters. The number of carbonyl (C=O) groups excluding carboxylic acids is 1.